The summed E-state index contributed by atoms with van der Waals surface area (Å²) in [6, 6.07) is 9.67. The van der Waals surface area contributed by atoms with E-state index in [1.165, 1.54) is 0 Å². The van der Waals surface area contributed by atoms with Crippen molar-refractivity contribution >= 4 is 27.5 Å². The maximum atomic E-state index is 8.77. The highest BCUT2D eigenvalue weighted by Crippen LogP contribution is 2.24. The molecule has 1 aromatic carbocycles. The van der Waals surface area contributed by atoms with Crippen molar-refractivity contribution in [3.63, 3.8) is 0 Å². The number of pyridine rings is 1. The molecule has 20 heavy (non-hydrogen) atoms. The lowest BCUT2D eigenvalue weighted by molar-refractivity contribution is 0.318. The number of hydrogen-bond donors (Lipinski definition) is 3. The van der Waals surface area contributed by atoms with Gasteiger partial charge in [0.2, 0.25) is 0 Å². The second-order valence-corrected chi connectivity index (χ2v) is 5.12. The van der Waals surface area contributed by atoms with E-state index < -0.39 is 0 Å². The average molecular weight is 335 g/mol. The summed E-state index contributed by atoms with van der Waals surface area (Å²) in [7, 11) is 0. The Labute approximate surface area is 125 Å². The van der Waals surface area contributed by atoms with Gasteiger partial charge < -0.3 is 16.3 Å². The van der Waals surface area contributed by atoms with Gasteiger partial charge in [0.1, 0.15) is 5.69 Å². The molecule has 0 aliphatic carbocycles. The van der Waals surface area contributed by atoms with E-state index >= 15 is 0 Å². The molecule has 2 rings (SSSR count). The standard InChI is InChI=1S/C14H15BrN4O/c1-9-11(15)5-2-6-12(9)18-8-10-4-3-7-17-13(10)14(16)19-20/h2-7,18,20H,8H2,1H3,(H2,16,19). The summed E-state index contributed by atoms with van der Waals surface area (Å²) in [4.78, 5) is 4.14. The Morgan fingerprint density at radius 2 is 2.20 bits per heavy atom. The molecular formula is C14H15BrN4O. The molecule has 0 atom stereocenters. The van der Waals surface area contributed by atoms with Gasteiger partial charge in [0.05, 0.1) is 0 Å². The number of oxime groups is 1. The highest BCUT2D eigenvalue weighted by Gasteiger charge is 2.08. The number of benzene rings is 1. The summed E-state index contributed by atoms with van der Waals surface area (Å²) >= 11 is 3.50. The lowest BCUT2D eigenvalue weighted by Gasteiger charge is -2.12. The third-order valence-electron chi connectivity index (χ3n) is 2.98. The second-order valence-electron chi connectivity index (χ2n) is 4.26. The third-order valence-corrected chi connectivity index (χ3v) is 3.84. The van der Waals surface area contributed by atoms with E-state index in [4.69, 9.17) is 10.9 Å². The number of hydrogen-bond acceptors (Lipinski definition) is 4. The minimum atomic E-state index is 0.00774. The van der Waals surface area contributed by atoms with Gasteiger partial charge in [-0.1, -0.05) is 33.2 Å². The maximum absolute atomic E-state index is 8.77. The monoisotopic (exact) mass is 334 g/mol. The first kappa shape index (κ1) is 14.3. The molecule has 0 fully saturated rings. The van der Waals surface area contributed by atoms with Crippen LogP contribution in [0, 0.1) is 6.92 Å². The number of halogens is 1. The molecule has 0 saturated heterocycles. The lowest BCUT2D eigenvalue weighted by atomic mass is 10.1. The Morgan fingerprint density at radius 3 is 2.95 bits per heavy atom. The van der Waals surface area contributed by atoms with Crippen LogP contribution in [-0.2, 0) is 6.54 Å². The molecule has 6 heteroatoms. The van der Waals surface area contributed by atoms with E-state index in [1.54, 1.807) is 6.20 Å². The smallest absolute Gasteiger partial charge is 0.189 e. The maximum Gasteiger partial charge on any atom is 0.189 e. The van der Waals surface area contributed by atoms with Gasteiger partial charge in [0.15, 0.2) is 5.84 Å². The van der Waals surface area contributed by atoms with E-state index in [0.29, 0.717) is 12.2 Å². The highest BCUT2D eigenvalue weighted by molar-refractivity contribution is 9.10. The number of anilines is 1. The average Bonchev–Trinajstić information content (AvgIpc) is 2.48. The van der Waals surface area contributed by atoms with E-state index in [2.05, 4.69) is 31.4 Å². The minimum Gasteiger partial charge on any atom is -0.409 e. The molecule has 0 spiro atoms. The molecule has 0 unspecified atom stereocenters. The van der Waals surface area contributed by atoms with Crippen LogP contribution >= 0.6 is 15.9 Å². The summed E-state index contributed by atoms with van der Waals surface area (Å²) in [5.74, 6) is 0.00774. The van der Waals surface area contributed by atoms with E-state index in [9.17, 15) is 0 Å². The van der Waals surface area contributed by atoms with Crippen molar-refractivity contribution in [1.29, 1.82) is 0 Å². The lowest BCUT2D eigenvalue weighted by Crippen LogP contribution is -2.18. The predicted octanol–water partition coefficient (Wildman–Crippen LogP) is 2.86. The topological polar surface area (TPSA) is 83.5 Å². The fraction of sp³-hybridized carbons (Fsp3) is 0.143. The fourth-order valence-corrected chi connectivity index (χ4v) is 2.21. The van der Waals surface area contributed by atoms with Crippen LogP contribution in [0.4, 0.5) is 5.69 Å². The molecule has 2 aromatic rings. The first-order valence-corrected chi connectivity index (χ1v) is 6.83. The molecule has 0 aliphatic rings. The van der Waals surface area contributed by atoms with Crippen LogP contribution in [-0.4, -0.2) is 16.0 Å². The van der Waals surface area contributed by atoms with Crippen molar-refractivity contribution in [1.82, 2.24) is 4.98 Å². The van der Waals surface area contributed by atoms with Gasteiger partial charge in [-0.2, -0.15) is 0 Å². The largest absolute Gasteiger partial charge is 0.409 e. The zero-order valence-electron chi connectivity index (χ0n) is 11.0. The van der Waals surface area contributed by atoms with Crippen molar-refractivity contribution in [2.24, 2.45) is 10.9 Å². The number of nitrogens with two attached hydrogens (primary N) is 1. The first-order chi connectivity index (χ1) is 9.63. The Hall–Kier alpha value is -2.08. The molecule has 1 aromatic heterocycles. The first-order valence-electron chi connectivity index (χ1n) is 6.04. The van der Waals surface area contributed by atoms with Crippen molar-refractivity contribution in [3.05, 3.63) is 57.8 Å². The highest BCUT2D eigenvalue weighted by atomic mass is 79.9. The molecule has 0 amide bonds. The summed E-state index contributed by atoms with van der Waals surface area (Å²) < 4.78 is 1.05. The van der Waals surface area contributed by atoms with Gasteiger partial charge in [-0.3, -0.25) is 4.98 Å². The van der Waals surface area contributed by atoms with Crippen LogP contribution in [0.3, 0.4) is 0 Å². The SMILES string of the molecule is Cc1c(Br)cccc1NCc1cccnc1/C(N)=N/O. The molecule has 5 nitrogen and oxygen atoms in total. The normalized spacial score (nSPS) is 11.4. The summed E-state index contributed by atoms with van der Waals surface area (Å²) in [6.07, 6.45) is 1.61. The molecule has 1 heterocycles. The Kier molecular flexibility index (Phi) is 4.57. The summed E-state index contributed by atoms with van der Waals surface area (Å²) in [6.45, 7) is 2.57. The van der Waals surface area contributed by atoms with Crippen molar-refractivity contribution in [2.75, 3.05) is 5.32 Å². The van der Waals surface area contributed by atoms with Crippen LogP contribution in [0.5, 0.6) is 0 Å². The van der Waals surface area contributed by atoms with E-state index in [1.807, 2.05) is 37.3 Å². The molecular weight excluding hydrogens is 320 g/mol. The van der Waals surface area contributed by atoms with Gasteiger partial charge in [0.25, 0.3) is 0 Å². The van der Waals surface area contributed by atoms with Gasteiger partial charge in [-0.05, 0) is 30.7 Å². The van der Waals surface area contributed by atoms with Crippen molar-refractivity contribution in [3.8, 4) is 0 Å². The number of aromatic nitrogens is 1. The molecule has 0 aliphatic heterocycles. The Morgan fingerprint density at radius 1 is 1.40 bits per heavy atom. The molecule has 0 bridgehead atoms. The zero-order valence-corrected chi connectivity index (χ0v) is 12.6. The van der Waals surface area contributed by atoms with Gasteiger partial charge >= 0.3 is 0 Å². The quantitative estimate of drug-likeness (QED) is 0.347. The predicted molar refractivity (Wildman–Crippen MR) is 83.0 cm³/mol. The summed E-state index contributed by atoms with van der Waals surface area (Å²) in [5.41, 5.74) is 9.11. The fourth-order valence-electron chi connectivity index (χ4n) is 1.85. The Bertz CT molecular complexity index is 643. The third kappa shape index (κ3) is 3.08. The molecule has 104 valence electrons. The van der Waals surface area contributed by atoms with E-state index in [0.717, 1.165) is 21.3 Å². The number of rotatable bonds is 4. The van der Waals surface area contributed by atoms with Crippen molar-refractivity contribution < 1.29 is 5.21 Å². The number of amidine groups is 1. The van der Waals surface area contributed by atoms with Gasteiger partial charge in [-0.25, -0.2) is 0 Å². The number of nitrogens with one attached hydrogen (secondary N) is 1. The second kappa shape index (κ2) is 6.38. The number of nitrogens with zero attached hydrogens (tertiary/aromatic N) is 2. The molecule has 4 N–H and O–H groups in total. The molecule has 0 saturated carbocycles. The van der Waals surface area contributed by atoms with Crippen LogP contribution in [0.25, 0.3) is 0 Å². The minimum absolute atomic E-state index is 0.00774. The van der Waals surface area contributed by atoms with Crippen LogP contribution < -0.4 is 11.1 Å². The van der Waals surface area contributed by atoms with Crippen molar-refractivity contribution in [2.45, 2.75) is 13.5 Å². The van der Waals surface area contributed by atoms with Gasteiger partial charge in [-0.15, -0.1) is 0 Å². The summed E-state index contributed by atoms with van der Waals surface area (Å²) in [5, 5.41) is 15.1. The van der Waals surface area contributed by atoms with Crippen LogP contribution in [0.2, 0.25) is 0 Å². The van der Waals surface area contributed by atoms with Crippen LogP contribution in [0.1, 0.15) is 16.8 Å². The molecule has 0 radical (unpaired) electrons. The van der Waals surface area contributed by atoms with Gasteiger partial charge in [0, 0.05) is 28.5 Å². The zero-order chi connectivity index (χ0) is 14.5. The van der Waals surface area contributed by atoms with E-state index in [-0.39, 0.29) is 5.84 Å². The Balaban J connectivity index is 2.21. The van der Waals surface area contributed by atoms with Crippen LogP contribution in [0.15, 0.2) is 46.2 Å².